The van der Waals surface area contributed by atoms with Crippen LogP contribution in [-0.2, 0) is 0 Å². The van der Waals surface area contributed by atoms with Gasteiger partial charge in [0.05, 0.1) is 12.7 Å². The van der Waals surface area contributed by atoms with Crippen LogP contribution < -0.4 is 5.73 Å². The van der Waals surface area contributed by atoms with Gasteiger partial charge < -0.3 is 15.9 Å². The molecule has 0 aromatic heterocycles. The Morgan fingerprint density at radius 1 is 1.70 bits per heavy atom. The van der Waals surface area contributed by atoms with E-state index in [2.05, 4.69) is 0 Å². The lowest BCUT2D eigenvalue weighted by Gasteiger charge is -2.15. The average molecular weight is 141 g/mol. The van der Waals surface area contributed by atoms with E-state index >= 15 is 0 Å². The first-order valence-electron chi connectivity index (χ1n) is 3.19. The second-order valence-electron chi connectivity index (χ2n) is 2.33. The molecule has 0 saturated carbocycles. The molecular formula is C7H11NO2. The second kappa shape index (κ2) is 2.86. The minimum absolute atomic E-state index is 0.115. The van der Waals surface area contributed by atoms with E-state index in [0.29, 0.717) is 17.7 Å². The smallest absolute Gasteiger partial charge is 0.0811 e. The molecule has 0 radical (unpaired) electrons. The molecule has 10 heavy (non-hydrogen) atoms. The quantitative estimate of drug-likeness (QED) is 0.461. The summed E-state index contributed by atoms with van der Waals surface area (Å²) in [6, 6.07) is 0. The Balaban J connectivity index is 2.73. The number of aliphatic hydroxyl groups excluding tert-OH is 2. The van der Waals surface area contributed by atoms with E-state index in [1.807, 2.05) is 0 Å². The molecule has 1 rings (SSSR count). The molecule has 1 unspecified atom stereocenters. The molecule has 0 aliphatic heterocycles. The Morgan fingerprint density at radius 3 is 2.90 bits per heavy atom. The SMILES string of the molecule is NC1=CCC(O)C(CO)=C1. The van der Waals surface area contributed by atoms with Crippen LogP contribution in [0.3, 0.4) is 0 Å². The van der Waals surface area contributed by atoms with Crippen molar-refractivity contribution in [2.45, 2.75) is 12.5 Å². The average Bonchev–Trinajstić information content (AvgIpc) is 1.94. The van der Waals surface area contributed by atoms with E-state index in [1.165, 1.54) is 0 Å². The third-order valence-electron chi connectivity index (χ3n) is 1.54. The van der Waals surface area contributed by atoms with Crippen molar-refractivity contribution in [2.24, 2.45) is 5.73 Å². The van der Waals surface area contributed by atoms with Crippen molar-refractivity contribution in [3.05, 3.63) is 23.4 Å². The summed E-state index contributed by atoms with van der Waals surface area (Å²) in [5.74, 6) is 0. The van der Waals surface area contributed by atoms with E-state index in [4.69, 9.17) is 15.9 Å². The summed E-state index contributed by atoms with van der Waals surface area (Å²) in [5, 5.41) is 17.8. The highest BCUT2D eigenvalue weighted by Gasteiger charge is 2.12. The molecular weight excluding hydrogens is 130 g/mol. The molecule has 1 aliphatic rings. The molecule has 0 aromatic rings. The van der Waals surface area contributed by atoms with Crippen LogP contribution in [0.4, 0.5) is 0 Å². The fourth-order valence-corrected chi connectivity index (χ4v) is 0.919. The molecule has 0 saturated heterocycles. The molecule has 1 aliphatic carbocycles. The lowest BCUT2D eigenvalue weighted by molar-refractivity contribution is 0.188. The maximum atomic E-state index is 9.16. The first-order chi connectivity index (χ1) is 4.74. The van der Waals surface area contributed by atoms with Gasteiger partial charge in [0.25, 0.3) is 0 Å². The van der Waals surface area contributed by atoms with Crippen LogP contribution in [0.15, 0.2) is 23.4 Å². The number of allylic oxidation sites excluding steroid dienone is 1. The molecule has 4 N–H and O–H groups in total. The minimum Gasteiger partial charge on any atom is -0.399 e. The Hall–Kier alpha value is -0.800. The van der Waals surface area contributed by atoms with Gasteiger partial charge in [0.15, 0.2) is 0 Å². The predicted molar refractivity (Wildman–Crippen MR) is 38.1 cm³/mol. The van der Waals surface area contributed by atoms with Gasteiger partial charge in [-0.1, -0.05) is 6.08 Å². The van der Waals surface area contributed by atoms with Gasteiger partial charge in [0, 0.05) is 5.70 Å². The van der Waals surface area contributed by atoms with Crippen LogP contribution in [0.2, 0.25) is 0 Å². The molecule has 0 aromatic carbocycles. The van der Waals surface area contributed by atoms with Crippen LogP contribution >= 0.6 is 0 Å². The summed E-state index contributed by atoms with van der Waals surface area (Å²) in [6.45, 7) is -0.115. The summed E-state index contributed by atoms with van der Waals surface area (Å²) in [4.78, 5) is 0. The van der Waals surface area contributed by atoms with Gasteiger partial charge in [-0.05, 0) is 18.1 Å². The third-order valence-corrected chi connectivity index (χ3v) is 1.54. The van der Waals surface area contributed by atoms with Crippen molar-refractivity contribution < 1.29 is 10.2 Å². The maximum absolute atomic E-state index is 9.16. The molecule has 0 fully saturated rings. The minimum atomic E-state index is -0.544. The van der Waals surface area contributed by atoms with Crippen molar-refractivity contribution in [1.29, 1.82) is 0 Å². The van der Waals surface area contributed by atoms with E-state index in [9.17, 15) is 0 Å². The van der Waals surface area contributed by atoms with Crippen molar-refractivity contribution >= 4 is 0 Å². The summed E-state index contributed by atoms with van der Waals surface area (Å²) in [7, 11) is 0. The van der Waals surface area contributed by atoms with Crippen molar-refractivity contribution in [3.8, 4) is 0 Å². The van der Waals surface area contributed by atoms with Gasteiger partial charge >= 0.3 is 0 Å². The molecule has 56 valence electrons. The maximum Gasteiger partial charge on any atom is 0.0811 e. The molecule has 0 bridgehead atoms. The van der Waals surface area contributed by atoms with Crippen LogP contribution in [-0.4, -0.2) is 22.9 Å². The third kappa shape index (κ3) is 1.37. The van der Waals surface area contributed by atoms with Crippen LogP contribution in [0, 0.1) is 0 Å². The number of aliphatic hydroxyl groups is 2. The summed E-state index contributed by atoms with van der Waals surface area (Å²) >= 11 is 0. The number of nitrogens with two attached hydrogens (primary N) is 1. The topological polar surface area (TPSA) is 66.5 Å². The lowest BCUT2D eigenvalue weighted by atomic mass is 10.0. The van der Waals surface area contributed by atoms with Gasteiger partial charge in [0.2, 0.25) is 0 Å². The zero-order chi connectivity index (χ0) is 7.56. The second-order valence-corrected chi connectivity index (χ2v) is 2.33. The number of hydrogen-bond donors (Lipinski definition) is 3. The van der Waals surface area contributed by atoms with Crippen LogP contribution in [0.5, 0.6) is 0 Å². The van der Waals surface area contributed by atoms with E-state index in [1.54, 1.807) is 12.2 Å². The molecule has 3 heteroatoms. The molecule has 3 nitrogen and oxygen atoms in total. The van der Waals surface area contributed by atoms with Crippen LogP contribution in [0.25, 0.3) is 0 Å². The Kier molecular flexibility index (Phi) is 2.09. The fourth-order valence-electron chi connectivity index (χ4n) is 0.919. The zero-order valence-electron chi connectivity index (χ0n) is 5.62. The Morgan fingerprint density at radius 2 is 2.40 bits per heavy atom. The lowest BCUT2D eigenvalue weighted by Crippen LogP contribution is -2.17. The van der Waals surface area contributed by atoms with E-state index < -0.39 is 6.10 Å². The van der Waals surface area contributed by atoms with Crippen molar-refractivity contribution in [3.63, 3.8) is 0 Å². The number of rotatable bonds is 1. The van der Waals surface area contributed by atoms with Gasteiger partial charge in [-0.15, -0.1) is 0 Å². The van der Waals surface area contributed by atoms with Crippen molar-refractivity contribution in [1.82, 2.24) is 0 Å². The van der Waals surface area contributed by atoms with Gasteiger partial charge in [-0.2, -0.15) is 0 Å². The van der Waals surface area contributed by atoms with Gasteiger partial charge in [0.1, 0.15) is 0 Å². The van der Waals surface area contributed by atoms with Gasteiger partial charge in [-0.25, -0.2) is 0 Å². The Labute approximate surface area is 59.5 Å². The standard InChI is InChI=1S/C7H11NO2/c8-6-1-2-7(10)5(3-6)4-9/h1,3,7,9-10H,2,4,8H2. The predicted octanol–water partition coefficient (Wildman–Crippen LogP) is -0.488. The van der Waals surface area contributed by atoms with Gasteiger partial charge in [-0.3, -0.25) is 0 Å². The highest BCUT2D eigenvalue weighted by molar-refractivity contribution is 5.28. The Bertz CT molecular complexity index is 184. The first-order valence-corrected chi connectivity index (χ1v) is 3.19. The number of hydrogen-bond acceptors (Lipinski definition) is 3. The van der Waals surface area contributed by atoms with E-state index in [-0.39, 0.29) is 6.61 Å². The van der Waals surface area contributed by atoms with Crippen LogP contribution in [0.1, 0.15) is 6.42 Å². The highest BCUT2D eigenvalue weighted by Crippen LogP contribution is 2.14. The molecule has 1 atom stereocenters. The first kappa shape index (κ1) is 7.31. The monoisotopic (exact) mass is 141 g/mol. The summed E-state index contributed by atoms with van der Waals surface area (Å²) in [5.41, 5.74) is 6.64. The van der Waals surface area contributed by atoms with E-state index in [0.717, 1.165) is 0 Å². The normalized spacial score (nSPS) is 25.6. The highest BCUT2D eigenvalue weighted by atomic mass is 16.3. The zero-order valence-corrected chi connectivity index (χ0v) is 5.62. The largest absolute Gasteiger partial charge is 0.399 e. The molecule has 0 heterocycles. The van der Waals surface area contributed by atoms with Crippen molar-refractivity contribution in [2.75, 3.05) is 6.61 Å². The summed E-state index contributed by atoms with van der Waals surface area (Å²) < 4.78 is 0. The fraction of sp³-hybridized carbons (Fsp3) is 0.429. The molecule has 0 amide bonds. The summed E-state index contributed by atoms with van der Waals surface area (Å²) in [6.07, 6.45) is 3.31. The molecule has 0 spiro atoms.